The molecule has 0 spiro atoms. The standard InChI is InChI=1S/C20H21N3O.C7H8/c1-20-11-14-12-21-24-17(14)10-15(20)8-9-16-18(23(2)22-19(16)20)13-6-4-3-5-7-13;1-7-5-3-2-4-6-7/h3-7,12,15H,8-11H2,1-2H3;2-6H,1H3. The fourth-order valence-electron chi connectivity index (χ4n) is 5.36. The Morgan fingerprint density at radius 2 is 1.74 bits per heavy atom. The molecule has 2 aromatic carbocycles. The summed E-state index contributed by atoms with van der Waals surface area (Å²) < 4.78 is 7.54. The van der Waals surface area contributed by atoms with Crippen LogP contribution in [-0.4, -0.2) is 14.9 Å². The monoisotopic (exact) mass is 411 g/mol. The van der Waals surface area contributed by atoms with Crippen LogP contribution in [0.15, 0.2) is 71.4 Å². The molecule has 2 aliphatic carbocycles. The van der Waals surface area contributed by atoms with Gasteiger partial charge >= 0.3 is 0 Å². The van der Waals surface area contributed by atoms with Crippen LogP contribution in [0.5, 0.6) is 0 Å². The van der Waals surface area contributed by atoms with Gasteiger partial charge in [-0.25, -0.2) is 0 Å². The van der Waals surface area contributed by atoms with Crippen LogP contribution in [0, 0.1) is 12.8 Å². The molecule has 4 aromatic rings. The Labute approximate surface area is 183 Å². The fourth-order valence-corrected chi connectivity index (χ4v) is 5.36. The second-order valence-corrected chi connectivity index (χ2v) is 9.13. The van der Waals surface area contributed by atoms with E-state index in [4.69, 9.17) is 9.62 Å². The molecular formula is C27H29N3O. The van der Waals surface area contributed by atoms with Gasteiger partial charge in [0.2, 0.25) is 0 Å². The van der Waals surface area contributed by atoms with Crippen molar-refractivity contribution in [1.82, 2.24) is 14.9 Å². The molecule has 2 unspecified atom stereocenters. The second-order valence-electron chi connectivity index (χ2n) is 9.13. The number of rotatable bonds is 1. The molecule has 0 N–H and O–H groups in total. The van der Waals surface area contributed by atoms with Gasteiger partial charge in [-0.05, 0) is 32.1 Å². The van der Waals surface area contributed by atoms with E-state index in [0.717, 1.165) is 25.0 Å². The topological polar surface area (TPSA) is 43.9 Å². The Balaban J connectivity index is 0.000000250. The Kier molecular flexibility index (Phi) is 5.01. The quantitative estimate of drug-likeness (QED) is 0.404. The molecule has 0 saturated carbocycles. The molecule has 2 aliphatic rings. The van der Waals surface area contributed by atoms with Gasteiger partial charge in [-0.2, -0.15) is 5.10 Å². The molecule has 6 rings (SSSR count). The number of aryl methyl sites for hydroxylation is 2. The van der Waals surface area contributed by atoms with Crippen LogP contribution in [0.4, 0.5) is 0 Å². The maximum absolute atomic E-state index is 5.46. The van der Waals surface area contributed by atoms with E-state index in [-0.39, 0.29) is 5.41 Å². The van der Waals surface area contributed by atoms with Gasteiger partial charge in [-0.15, -0.1) is 0 Å². The van der Waals surface area contributed by atoms with Crippen molar-refractivity contribution >= 4 is 0 Å². The first-order chi connectivity index (χ1) is 15.1. The van der Waals surface area contributed by atoms with Crippen molar-refractivity contribution < 1.29 is 4.52 Å². The number of nitrogens with zero attached hydrogens (tertiary/aromatic N) is 3. The van der Waals surface area contributed by atoms with E-state index in [1.807, 2.05) is 24.4 Å². The first-order valence-corrected chi connectivity index (χ1v) is 11.1. The molecule has 158 valence electrons. The lowest BCUT2D eigenvalue weighted by molar-refractivity contribution is 0.206. The van der Waals surface area contributed by atoms with Crippen molar-refractivity contribution in [3.8, 4) is 11.3 Å². The minimum atomic E-state index is 0.0803. The van der Waals surface area contributed by atoms with Gasteiger partial charge in [0.1, 0.15) is 5.76 Å². The molecule has 2 aromatic heterocycles. The summed E-state index contributed by atoms with van der Waals surface area (Å²) in [6, 6.07) is 20.9. The van der Waals surface area contributed by atoms with E-state index >= 15 is 0 Å². The molecule has 2 heterocycles. The molecule has 0 aliphatic heterocycles. The van der Waals surface area contributed by atoms with E-state index < -0.39 is 0 Å². The van der Waals surface area contributed by atoms with E-state index in [9.17, 15) is 0 Å². The van der Waals surface area contributed by atoms with Crippen LogP contribution < -0.4 is 0 Å². The molecule has 0 saturated heterocycles. The SMILES string of the molecule is Cc1ccccc1.Cn1nc2c(c1-c1ccccc1)CCC1Cc3oncc3CC21C. The summed E-state index contributed by atoms with van der Waals surface area (Å²) in [6.07, 6.45) is 6.15. The summed E-state index contributed by atoms with van der Waals surface area (Å²) in [5.41, 5.74) is 7.92. The normalized spacial score (nSPS) is 21.3. The van der Waals surface area contributed by atoms with Crippen LogP contribution in [0.3, 0.4) is 0 Å². The minimum absolute atomic E-state index is 0.0803. The highest BCUT2D eigenvalue weighted by molar-refractivity contribution is 5.66. The van der Waals surface area contributed by atoms with E-state index in [2.05, 4.69) is 73.2 Å². The van der Waals surface area contributed by atoms with Crippen LogP contribution in [0.2, 0.25) is 0 Å². The van der Waals surface area contributed by atoms with Gasteiger partial charge < -0.3 is 4.52 Å². The van der Waals surface area contributed by atoms with Crippen molar-refractivity contribution in [2.24, 2.45) is 13.0 Å². The van der Waals surface area contributed by atoms with Gasteiger partial charge in [0, 0.05) is 35.6 Å². The fraction of sp³-hybridized carbons (Fsp3) is 0.333. The number of hydrogen-bond acceptors (Lipinski definition) is 3. The second kappa shape index (κ2) is 7.84. The molecule has 4 heteroatoms. The lowest BCUT2D eigenvalue weighted by Gasteiger charge is -2.43. The zero-order chi connectivity index (χ0) is 21.4. The summed E-state index contributed by atoms with van der Waals surface area (Å²) in [5, 5.41) is 9.03. The average Bonchev–Trinajstić information content (AvgIpc) is 3.37. The van der Waals surface area contributed by atoms with Crippen molar-refractivity contribution in [1.29, 1.82) is 0 Å². The van der Waals surface area contributed by atoms with Crippen LogP contribution in [0.1, 0.15) is 41.5 Å². The highest BCUT2D eigenvalue weighted by atomic mass is 16.5. The Morgan fingerprint density at radius 3 is 2.42 bits per heavy atom. The summed E-state index contributed by atoms with van der Waals surface area (Å²) in [4.78, 5) is 0. The third-order valence-electron chi connectivity index (χ3n) is 7.04. The maximum atomic E-state index is 5.46. The summed E-state index contributed by atoms with van der Waals surface area (Å²) in [6.45, 7) is 4.47. The van der Waals surface area contributed by atoms with Crippen LogP contribution in [0.25, 0.3) is 11.3 Å². The Hall–Kier alpha value is -3.14. The van der Waals surface area contributed by atoms with Crippen molar-refractivity contribution in [3.63, 3.8) is 0 Å². The molecule has 0 fully saturated rings. The Morgan fingerprint density at radius 1 is 1.03 bits per heavy atom. The first-order valence-electron chi connectivity index (χ1n) is 11.1. The van der Waals surface area contributed by atoms with E-state index in [1.54, 1.807) is 0 Å². The molecular weight excluding hydrogens is 382 g/mol. The largest absolute Gasteiger partial charge is 0.361 e. The molecule has 0 amide bonds. The molecule has 31 heavy (non-hydrogen) atoms. The summed E-state index contributed by atoms with van der Waals surface area (Å²) in [5.74, 6) is 1.67. The maximum Gasteiger partial charge on any atom is 0.140 e. The minimum Gasteiger partial charge on any atom is -0.361 e. The third kappa shape index (κ3) is 3.50. The smallest absolute Gasteiger partial charge is 0.140 e. The molecule has 0 radical (unpaired) electrons. The third-order valence-corrected chi connectivity index (χ3v) is 7.04. The van der Waals surface area contributed by atoms with Gasteiger partial charge in [0.25, 0.3) is 0 Å². The van der Waals surface area contributed by atoms with Gasteiger partial charge in [-0.3, -0.25) is 4.68 Å². The zero-order valence-corrected chi connectivity index (χ0v) is 18.5. The lowest BCUT2D eigenvalue weighted by atomic mass is 9.60. The Bertz CT molecular complexity index is 1180. The van der Waals surface area contributed by atoms with E-state index in [1.165, 1.54) is 40.1 Å². The van der Waals surface area contributed by atoms with Gasteiger partial charge in [0.15, 0.2) is 0 Å². The van der Waals surface area contributed by atoms with Gasteiger partial charge in [-0.1, -0.05) is 78.3 Å². The summed E-state index contributed by atoms with van der Waals surface area (Å²) >= 11 is 0. The zero-order valence-electron chi connectivity index (χ0n) is 18.5. The van der Waals surface area contributed by atoms with E-state index in [0.29, 0.717) is 5.92 Å². The average molecular weight is 412 g/mol. The molecule has 0 bridgehead atoms. The van der Waals surface area contributed by atoms with Crippen LogP contribution >= 0.6 is 0 Å². The number of aromatic nitrogens is 3. The first kappa shape index (κ1) is 19.8. The number of fused-ring (bicyclic) bond motifs is 4. The predicted octanol–water partition coefficient (Wildman–Crippen LogP) is 5.69. The number of benzene rings is 2. The highest BCUT2D eigenvalue weighted by Crippen LogP contribution is 2.49. The molecule has 4 nitrogen and oxygen atoms in total. The lowest BCUT2D eigenvalue weighted by Crippen LogP contribution is -2.43. The van der Waals surface area contributed by atoms with Gasteiger partial charge in [0.05, 0.1) is 17.6 Å². The highest BCUT2D eigenvalue weighted by Gasteiger charge is 2.47. The number of hydrogen-bond donors (Lipinski definition) is 0. The van der Waals surface area contributed by atoms with Crippen molar-refractivity contribution in [2.75, 3.05) is 0 Å². The van der Waals surface area contributed by atoms with Crippen molar-refractivity contribution in [3.05, 3.63) is 95.0 Å². The predicted molar refractivity (Wildman–Crippen MR) is 123 cm³/mol. The summed E-state index contributed by atoms with van der Waals surface area (Å²) in [7, 11) is 2.08. The molecule has 2 atom stereocenters. The van der Waals surface area contributed by atoms with Crippen molar-refractivity contribution in [2.45, 2.75) is 44.9 Å². The van der Waals surface area contributed by atoms with Crippen LogP contribution in [-0.2, 0) is 31.7 Å².